The van der Waals surface area contributed by atoms with Gasteiger partial charge in [0.25, 0.3) is 11.8 Å². The van der Waals surface area contributed by atoms with Crippen molar-refractivity contribution >= 4 is 40.9 Å². The molecule has 3 aliphatic carbocycles. The molecule has 6 atom stereocenters. The van der Waals surface area contributed by atoms with Crippen molar-refractivity contribution in [1.29, 1.82) is 0 Å². The van der Waals surface area contributed by atoms with Gasteiger partial charge in [0, 0.05) is 22.5 Å². The van der Waals surface area contributed by atoms with Gasteiger partial charge in [0.05, 0.1) is 28.9 Å². The second kappa shape index (κ2) is 11.6. The number of phenolic OH excluding ortho intramolecular Hbond substituents is 1. The van der Waals surface area contributed by atoms with Crippen molar-refractivity contribution < 1.29 is 28.7 Å². The molecule has 5 aliphatic rings. The molecule has 0 spiro atoms. The van der Waals surface area contributed by atoms with Crippen LogP contribution in [0.25, 0.3) is 0 Å². The predicted octanol–water partition coefficient (Wildman–Crippen LogP) is 6.50. The summed E-state index contributed by atoms with van der Waals surface area (Å²) in [4.78, 5) is 59.6. The fourth-order valence-corrected chi connectivity index (χ4v) is 9.58. The molecule has 10 heteroatoms. The number of hydrazine groups is 1. The fourth-order valence-electron chi connectivity index (χ4n) is 9.45. The largest absolute Gasteiger partial charge is 0.508 e. The van der Waals surface area contributed by atoms with Crippen molar-refractivity contribution in [3.05, 3.63) is 106 Å². The van der Waals surface area contributed by atoms with Crippen LogP contribution in [0.15, 0.2) is 84.4 Å². The molecule has 2 saturated heterocycles. The zero-order valence-corrected chi connectivity index (χ0v) is 26.9. The normalized spacial score (nSPS) is 30.2. The molecule has 2 aliphatic heterocycles. The summed E-state index contributed by atoms with van der Waals surface area (Å²) in [6.45, 7) is 0. The number of allylic oxidation sites excluding steroid dienone is 2. The molecule has 3 aromatic rings. The van der Waals surface area contributed by atoms with E-state index in [9.17, 15) is 23.9 Å². The third kappa shape index (κ3) is 4.46. The van der Waals surface area contributed by atoms with Crippen LogP contribution in [0.1, 0.15) is 62.0 Å². The number of para-hydroxylation sites is 1. The standard InChI is InChI=1S/C38H35ClFN3O5/c39-22-12-10-21(11-13-22)38-30(35(46)43(37(38)48)41-24-16-14-23(40)15-17-24)20-29-26(33(38)27-8-4-5-9-31(27)44)18-19-28-32(29)36(47)42(34(28)45)25-6-2-1-3-7-25/h4-5,8-18,25,28-30,32-33,41,44H,1-3,6-7,19-20H2/t28-,29+,30-,32-,33+,38+/m0/s1. The highest BCUT2D eigenvalue weighted by Gasteiger charge is 2.70. The van der Waals surface area contributed by atoms with Crippen molar-refractivity contribution in [3.8, 4) is 5.75 Å². The van der Waals surface area contributed by atoms with Gasteiger partial charge in [-0.05, 0) is 79.6 Å². The minimum absolute atomic E-state index is 0.0406. The second-order valence-electron chi connectivity index (χ2n) is 13.8. The highest BCUT2D eigenvalue weighted by Crippen LogP contribution is 2.65. The Labute approximate surface area is 282 Å². The minimum Gasteiger partial charge on any atom is -0.508 e. The van der Waals surface area contributed by atoms with Crippen LogP contribution in [0.3, 0.4) is 0 Å². The van der Waals surface area contributed by atoms with Gasteiger partial charge in [0.15, 0.2) is 0 Å². The first-order chi connectivity index (χ1) is 23.2. The molecule has 4 amide bonds. The van der Waals surface area contributed by atoms with Gasteiger partial charge in [0.1, 0.15) is 11.6 Å². The topological polar surface area (TPSA) is 107 Å². The third-order valence-corrected chi connectivity index (χ3v) is 11.7. The number of aromatic hydroxyl groups is 1. The zero-order chi connectivity index (χ0) is 33.3. The van der Waals surface area contributed by atoms with Crippen LogP contribution in [-0.4, -0.2) is 44.7 Å². The summed E-state index contributed by atoms with van der Waals surface area (Å²) in [6.07, 6.45) is 7.09. The maximum atomic E-state index is 15.1. The van der Waals surface area contributed by atoms with Crippen LogP contribution in [0, 0.1) is 29.5 Å². The molecule has 48 heavy (non-hydrogen) atoms. The lowest BCUT2D eigenvalue weighted by Crippen LogP contribution is -2.53. The lowest BCUT2D eigenvalue weighted by atomic mass is 9.49. The number of hydrogen-bond donors (Lipinski definition) is 2. The van der Waals surface area contributed by atoms with E-state index in [4.69, 9.17) is 11.6 Å². The van der Waals surface area contributed by atoms with Gasteiger partial charge in [-0.1, -0.05) is 72.8 Å². The number of carbonyl (C=O) groups excluding carboxylic acids is 4. The van der Waals surface area contributed by atoms with Crippen LogP contribution < -0.4 is 5.43 Å². The van der Waals surface area contributed by atoms with Gasteiger partial charge < -0.3 is 5.11 Å². The highest BCUT2D eigenvalue weighted by molar-refractivity contribution is 6.30. The molecule has 2 N–H and O–H groups in total. The van der Waals surface area contributed by atoms with Crippen LogP contribution in [0.4, 0.5) is 10.1 Å². The summed E-state index contributed by atoms with van der Waals surface area (Å²) in [5.41, 5.74) is 3.54. The molecule has 4 fully saturated rings. The number of hydrogen-bond acceptors (Lipinski definition) is 6. The molecule has 0 radical (unpaired) electrons. The predicted molar refractivity (Wildman–Crippen MR) is 176 cm³/mol. The number of halogens is 2. The number of carbonyl (C=O) groups is 4. The summed E-state index contributed by atoms with van der Waals surface area (Å²) >= 11 is 6.33. The maximum Gasteiger partial charge on any atom is 0.260 e. The summed E-state index contributed by atoms with van der Waals surface area (Å²) in [5.74, 6) is -5.39. The van der Waals surface area contributed by atoms with E-state index in [0.29, 0.717) is 28.3 Å². The van der Waals surface area contributed by atoms with Gasteiger partial charge in [-0.15, -0.1) is 0 Å². The molecule has 246 valence electrons. The van der Waals surface area contributed by atoms with E-state index in [1.165, 1.54) is 29.2 Å². The van der Waals surface area contributed by atoms with Crippen LogP contribution in [-0.2, 0) is 24.6 Å². The molecule has 2 saturated carbocycles. The first-order valence-electron chi connectivity index (χ1n) is 16.7. The summed E-state index contributed by atoms with van der Waals surface area (Å²) in [5, 5.41) is 12.9. The zero-order valence-electron chi connectivity index (χ0n) is 26.1. The third-order valence-electron chi connectivity index (χ3n) is 11.5. The number of anilines is 1. The molecule has 0 aromatic heterocycles. The number of imide groups is 2. The Bertz CT molecular complexity index is 1860. The van der Waals surface area contributed by atoms with Gasteiger partial charge in [-0.3, -0.25) is 29.5 Å². The first-order valence-corrected chi connectivity index (χ1v) is 17.1. The minimum atomic E-state index is -1.53. The smallest absolute Gasteiger partial charge is 0.260 e. The Morgan fingerprint density at radius 1 is 0.833 bits per heavy atom. The molecular formula is C38H35ClFN3O5. The van der Waals surface area contributed by atoms with E-state index >= 15 is 4.79 Å². The van der Waals surface area contributed by atoms with Gasteiger partial charge in [-0.2, -0.15) is 5.01 Å². The first kappa shape index (κ1) is 30.8. The van der Waals surface area contributed by atoms with Gasteiger partial charge in [-0.25, -0.2) is 4.39 Å². The molecule has 8 rings (SSSR count). The van der Waals surface area contributed by atoms with E-state index in [1.54, 1.807) is 48.5 Å². The number of benzene rings is 3. The summed E-state index contributed by atoms with van der Waals surface area (Å²) in [7, 11) is 0. The van der Waals surface area contributed by atoms with Crippen molar-refractivity contribution in [2.45, 2.75) is 62.3 Å². The van der Waals surface area contributed by atoms with Gasteiger partial charge in [0.2, 0.25) is 11.8 Å². The molecule has 0 unspecified atom stereocenters. The van der Waals surface area contributed by atoms with E-state index < -0.39 is 52.6 Å². The van der Waals surface area contributed by atoms with E-state index in [1.807, 2.05) is 6.08 Å². The van der Waals surface area contributed by atoms with E-state index in [-0.39, 0.29) is 30.0 Å². The number of nitrogens with zero attached hydrogens (tertiary/aromatic N) is 2. The van der Waals surface area contributed by atoms with Crippen molar-refractivity contribution in [2.75, 3.05) is 5.43 Å². The van der Waals surface area contributed by atoms with E-state index in [0.717, 1.165) is 42.7 Å². The van der Waals surface area contributed by atoms with Crippen LogP contribution in [0.5, 0.6) is 5.75 Å². The molecule has 2 heterocycles. The average molecular weight is 668 g/mol. The Hall–Kier alpha value is -4.50. The van der Waals surface area contributed by atoms with E-state index in [2.05, 4.69) is 5.43 Å². The summed E-state index contributed by atoms with van der Waals surface area (Å²) in [6, 6.07) is 18.9. The Morgan fingerprint density at radius 3 is 2.25 bits per heavy atom. The second-order valence-corrected chi connectivity index (χ2v) is 14.2. The average Bonchev–Trinajstić information content (AvgIpc) is 3.47. The number of amides is 4. The highest BCUT2D eigenvalue weighted by atomic mass is 35.5. The molecule has 8 nitrogen and oxygen atoms in total. The Balaban J connectivity index is 1.31. The molecule has 3 aromatic carbocycles. The Kier molecular flexibility index (Phi) is 7.43. The monoisotopic (exact) mass is 667 g/mol. The number of fused-ring (bicyclic) bond motifs is 4. The Morgan fingerprint density at radius 2 is 1.54 bits per heavy atom. The quantitative estimate of drug-likeness (QED) is 0.238. The van der Waals surface area contributed by atoms with Crippen molar-refractivity contribution in [1.82, 2.24) is 9.91 Å². The number of nitrogens with one attached hydrogen (secondary N) is 1. The molecular weight excluding hydrogens is 633 g/mol. The number of likely N-dealkylation sites (tertiary alicyclic amines) is 1. The van der Waals surface area contributed by atoms with Gasteiger partial charge >= 0.3 is 0 Å². The fraction of sp³-hybridized carbons (Fsp3) is 0.368. The van der Waals surface area contributed by atoms with Crippen molar-refractivity contribution in [3.63, 3.8) is 0 Å². The van der Waals surface area contributed by atoms with Crippen LogP contribution >= 0.6 is 11.6 Å². The maximum absolute atomic E-state index is 15.1. The molecule has 0 bridgehead atoms. The lowest BCUT2D eigenvalue weighted by Gasteiger charge is -2.50. The number of rotatable bonds is 5. The van der Waals surface area contributed by atoms with Crippen LogP contribution in [0.2, 0.25) is 5.02 Å². The number of phenols is 1. The summed E-state index contributed by atoms with van der Waals surface area (Å²) < 4.78 is 13.8. The lowest BCUT2D eigenvalue weighted by molar-refractivity contribution is -0.144. The SMILES string of the molecule is O=C1[C@@H]2C[C@@H]3C(=CC[C@@H]4C(=O)N(C5CCCCC5)C(=O)[C@@H]43)[C@H](c3ccccc3O)[C@]2(c2ccc(Cl)cc2)C(=O)N1Nc1ccc(F)cc1. The van der Waals surface area contributed by atoms with Crippen molar-refractivity contribution in [2.24, 2.45) is 23.7 Å².